The van der Waals surface area contributed by atoms with Gasteiger partial charge in [-0.3, -0.25) is 4.98 Å². The number of nitrogen functional groups attached to an aromatic ring is 1. The minimum atomic E-state index is 0.790. The third-order valence-corrected chi connectivity index (χ3v) is 2.98. The number of hydrogen-bond donors (Lipinski definition) is 1. The van der Waals surface area contributed by atoms with Crippen LogP contribution < -0.4 is 5.73 Å². The van der Waals surface area contributed by atoms with Crippen LogP contribution >= 0.6 is 0 Å². The topological polar surface area (TPSA) is 42.1 Å². The molecule has 15 heavy (non-hydrogen) atoms. The predicted octanol–water partition coefficient (Wildman–Crippen LogP) is 1.47. The summed E-state index contributed by atoms with van der Waals surface area (Å²) in [6.07, 6.45) is 5.16. The van der Waals surface area contributed by atoms with Gasteiger partial charge in [0.15, 0.2) is 0 Å². The smallest absolute Gasteiger partial charge is 0.0503 e. The fourth-order valence-corrected chi connectivity index (χ4v) is 2.19. The molecule has 0 amide bonds. The Hall–Kier alpha value is -1.09. The van der Waals surface area contributed by atoms with Crippen LogP contribution in [0.15, 0.2) is 12.3 Å². The van der Waals surface area contributed by atoms with Crippen molar-refractivity contribution < 1.29 is 0 Å². The normalized spacial score (nSPS) is 17.1. The van der Waals surface area contributed by atoms with Crippen molar-refractivity contribution in [2.45, 2.75) is 26.2 Å². The summed E-state index contributed by atoms with van der Waals surface area (Å²) in [4.78, 5) is 6.93. The molecule has 2 N–H and O–H groups in total. The Morgan fingerprint density at radius 3 is 3.00 bits per heavy atom. The summed E-state index contributed by atoms with van der Waals surface area (Å²) in [5.41, 5.74) is 9.12. The molecule has 0 radical (unpaired) electrons. The maximum atomic E-state index is 5.75. The molecule has 1 aromatic rings. The first kappa shape index (κ1) is 10.4. The molecule has 0 saturated carbocycles. The van der Waals surface area contributed by atoms with Crippen LogP contribution in [0.5, 0.6) is 0 Å². The molecular weight excluding hydrogens is 186 g/mol. The van der Waals surface area contributed by atoms with E-state index in [0.717, 1.165) is 31.6 Å². The van der Waals surface area contributed by atoms with Crippen molar-refractivity contribution in [3.8, 4) is 0 Å². The highest BCUT2D eigenvalue weighted by Crippen LogP contribution is 2.16. The van der Waals surface area contributed by atoms with Gasteiger partial charge in [0, 0.05) is 25.2 Å². The van der Waals surface area contributed by atoms with Crippen molar-refractivity contribution in [2.75, 3.05) is 25.4 Å². The monoisotopic (exact) mass is 205 g/mol. The zero-order chi connectivity index (χ0) is 10.7. The molecule has 82 valence electrons. The lowest BCUT2D eigenvalue weighted by Crippen LogP contribution is -2.27. The number of aromatic nitrogens is 1. The first-order valence-electron chi connectivity index (χ1n) is 5.75. The number of nitrogens with zero attached hydrogens (tertiary/aromatic N) is 2. The van der Waals surface area contributed by atoms with Crippen LogP contribution in [0.25, 0.3) is 0 Å². The van der Waals surface area contributed by atoms with E-state index in [-0.39, 0.29) is 0 Å². The third-order valence-electron chi connectivity index (χ3n) is 2.98. The van der Waals surface area contributed by atoms with Gasteiger partial charge in [-0.05, 0) is 31.0 Å². The quantitative estimate of drug-likeness (QED) is 0.795. The van der Waals surface area contributed by atoms with Gasteiger partial charge in [0.2, 0.25) is 0 Å². The van der Waals surface area contributed by atoms with Crippen molar-refractivity contribution >= 4 is 5.69 Å². The van der Waals surface area contributed by atoms with Crippen LogP contribution in [0, 0.1) is 0 Å². The van der Waals surface area contributed by atoms with Gasteiger partial charge in [-0.1, -0.05) is 6.92 Å². The van der Waals surface area contributed by atoms with Gasteiger partial charge in [-0.2, -0.15) is 0 Å². The lowest BCUT2D eigenvalue weighted by atomic mass is 10.1. The van der Waals surface area contributed by atoms with Gasteiger partial charge >= 0.3 is 0 Å². The Morgan fingerprint density at radius 1 is 1.40 bits per heavy atom. The third kappa shape index (κ3) is 2.48. The van der Waals surface area contributed by atoms with Crippen LogP contribution in [0.1, 0.15) is 24.6 Å². The summed E-state index contributed by atoms with van der Waals surface area (Å²) in [5.74, 6) is 0. The van der Waals surface area contributed by atoms with Crippen molar-refractivity contribution in [3.05, 3.63) is 23.5 Å². The number of nitrogens with two attached hydrogens (primary N) is 1. The van der Waals surface area contributed by atoms with Crippen LogP contribution in [0.4, 0.5) is 5.69 Å². The molecule has 0 spiro atoms. The van der Waals surface area contributed by atoms with Gasteiger partial charge in [-0.25, -0.2) is 0 Å². The van der Waals surface area contributed by atoms with E-state index in [1.165, 1.54) is 24.2 Å². The average Bonchev–Trinajstić information content (AvgIpc) is 2.42. The van der Waals surface area contributed by atoms with E-state index >= 15 is 0 Å². The van der Waals surface area contributed by atoms with E-state index in [2.05, 4.69) is 22.9 Å². The zero-order valence-corrected chi connectivity index (χ0v) is 9.37. The van der Waals surface area contributed by atoms with E-state index < -0.39 is 0 Å². The second-order valence-electron chi connectivity index (χ2n) is 4.22. The first-order chi connectivity index (χ1) is 7.29. The summed E-state index contributed by atoms with van der Waals surface area (Å²) in [6, 6.07) is 2.08. The van der Waals surface area contributed by atoms with Crippen molar-refractivity contribution in [1.82, 2.24) is 9.88 Å². The van der Waals surface area contributed by atoms with Crippen LogP contribution in [-0.4, -0.2) is 29.5 Å². The molecule has 0 aromatic carbocycles. The minimum Gasteiger partial charge on any atom is -0.397 e. The molecule has 3 nitrogen and oxygen atoms in total. The molecule has 1 aliphatic heterocycles. The standard InChI is InChI=1S/C12H19N3/c1-2-5-15-6-3-10-8-11(13)9-14-12(10)4-7-15/h8-9H,2-7,13H2,1H3. The van der Waals surface area contributed by atoms with Crippen molar-refractivity contribution in [3.63, 3.8) is 0 Å². The summed E-state index contributed by atoms with van der Waals surface area (Å²) < 4.78 is 0. The molecule has 0 fully saturated rings. The number of fused-ring (bicyclic) bond motifs is 1. The highest BCUT2D eigenvalue weighted by molar-refractivity contribution is 5.40. The number of anilines is 1. The highest BCUT2D eigenvalue weighted by Gasteiger charge is 2.13. The molecule has 3 heteroatoms. The summed E-state index contributed by atoms with van der Waals surface area (Å²) in [7, 11) is 0. The molecule has 1 aliphatic rings. The van der Waals surface area contributed by atoms with E-state index in [0.29, 0.717) is 0 Å². The molecule has 0 saturated heterocycles. The van der Waals surface area contributed by atoms with E-state index in [4.69, 9.17) is 5.73 Å². The Bertz CT molecular complexity index is 336. The van der Waals surface area contributed by atoms with Crippen molar-refractivity contribution in [2.24, 2.45) is 0 Å². The van der Waals surface area contributed by atoms with Crippen LogP contribution in [0.2, 0.25) is 0 Å². The van der Waals surface area contributed by atoms with Gasteiger partial charge < -0.3 is 10.6 Å². The van der Waals surface area contributed by atoms with Crippen molar-refractivity contribution in [1.29, 1.82) is 0 Å². The summed E-state index contributed by atoms with van der Waals surface area (Å²) in [6.45, 7) is 5.71. The Labute approximate surface area is 91.3 Å². The fourth-order valence-electron chi connectivity index (χ4n) is 2.19. The van der Waals surface area contributed by atoms with Gasteiger partial charge in [0.1, 0.15) is 0 Å². The maximum Gasteiger partial charge on any atom is 0.0503 e. The number of hydrogen-bond acceptors (Lipinski definition) is 3. The molecule has 1 aromatic heterocycles. The molecule has 0 aliphatic carbocycles. The zero-order valence-electron chi connectivity index (χ0n) is 9.37. The van der Waals surface area contributed by atoms with E-state index in [1.54, 1.807) is 6.20 Å². The molecule has 2 heterocycles. The van der Waals surface area contributed by atoms with Gasteiger partial charge in [-0.15, -0.1) is 0 Å². The lowest BCUT2D eigenvalue weighted by Gasteiger charge is -2.17. The van der Waals surface area contributed by atoms with E-state index in [9.17, 15) is 0 Å². The number of rotatable bonds is 2. The summed E-state index contributed by atoms with van der Waals surface area (Å²) in [5, 5.41) is 0. The Morgan fingerprint density at radius 2 is 2.20 bits per heavy atom. The fraction of sp³-hybridized carbons (Fsp3) is 0.583. The van der Waals surface area contributed by atoms with Crippen LogP contribution in [0.3, 0.4) is 0 Å². The second-order valence-corrected chi connectivity index (χ2v) is 4.22. The highest BCUT2D eigenvalue weighted by atomic mass is 15.1. The predicted molar refractivity (Wildman–Crippen MR) is 62.8 cm³/mol. The molecule has 0 atom stereocenters. The molecular formula is C12H19N3. The Balaban J connectivity index is 2.11. The minimum absolute atomic E-state index is 0.790. The Kier molecular flexibility index (Phi) is 3.21. The second kappa shape index (κ2) is 4.62. The molecule has 2 rings (SSSR count). The SMILES string of the molecule is CCCN1CCc2cc(N)cnc2CC1. The van der Waals surface area contributed by atoms with Gasteiger partial charge in [0.25, 0.3) is 0 Å². The first-order valence-corrected chi connectivity index (χ1v) is 5.75. The van der Waals surface area contributed by atoms with Crippen LogP contribution in [-0.2, 0) is 12.8 Å². The largest absolute Gasteiger partial charge is 0.397 e. The number of pyridine rings is 1. The maximum absolute atomic E-state index is 5.75. The van der Waals surface area contributed by atoms with Gasteiger partial charge in [0.05, 0.1) is 11.9 Å². The van der Waals surface area contributed by atoms with E-state index in [1.807, 2.05) is 0 Å². The molecule has 0 unspecified atom stereocenters. The average molecular weight is 205 g/mol. The molecule has 0 bridgehead atoms. The summed E-state index contributed by atoms with van der Waals surface area (Å²) >= 11 is 0. The lowest BCUT2D eigenvalue weighted by molar-refractivity contribution is 0.288.